The molecule has 0 bridgehead atoms. The van der Waals surface area contributed by atoms with E-state index in [0.29, 0.717) is 27.4 Å². The fourth-order valence-electron chi connectivity index (χ4n) is 3.77. The molecule has 180 valence electrons. The molecule has 1 amide bonds. The van der Waals surface area contributed by atoms with Crippen molar-refractivity contribution >= 4 is 102 Å². The van der Waals surface area contributed by atoms with Crippen LogP contribution in [0.4, 0.5) is 5.69 Å². The van der Waals surface area contributed by atoms with Gasteiger partial charge in [-0.15, -0.1) is 0 Å². The number of halogens is 3. The Morgan fingerprint density at radius 3 is 2.56 bits per heavy atom. The number of ether oxygens (including phenoxy) is 1. The van der Waals surface area contributed by atoms with Gasteiger partial charge in [-0.05, 0) is 122 Å². The van der Waals surface area contributed by atoms with Crippen molar-refractivity contribution in [1.82, 2.24) is 5.32 Å². The molecule has 1 fully saturated rings. The van der Waals surface area contributed by atoms with E-state index in [0.717, 1.165) is 29.6 Å². The van der Waals surface area contributed by atoms with Crippen LogP contribution in [0.2, 0.25) is 5.02 Å². The minimum Gasteiger partial charge on any atom is -0.487 e. The number of hydrogen-bond donors (Lipinski definition) is 1. The standard InChI is InChI=1S/C28H19ClI2N2O2S/c1-16-9-10-20(14-22(16)29)32-28-33-27(34)25(36-28)13-17-11-23(30)26(24(31)12-17)35-15-19-7-4-6-18-5-2-3-8-21(18)19/h2-14H,15H2,1H3,(H,32,33,34)/b25-13-. The molecule has 0 aliphatic carbocycles. The number of rotatable bonds is 5. The van der Waals surface area contributed by atoms with Crippen LogP contribution in [0, 0.1) is 14.1 Å². The van der Waals surface area contributed by atoms with E-state index in [1.165, 1.54) is 22.5 Å². The number of aryl methyl sites for hydroxylation is 1. The number of benzene rings is 4. The smallest absolute Gasteiger partial charge is 0.264 e. The van der Waals surface area contributed by atoms with E-state index in [2.05, 4.69) is 85.8 Å². The van der Waals surface area contributed by atoms with E-state index in [1.807, 2.05) is 49.4 Å². The number of nitrogens with zero attached hydrogens (tertiary/aromatic N) is 1. The largest absolute Gasteiger partial charge is 0.487 e. The normalized spacial score (nSPS) is 15.6. The lowest BCUT2D eigenvalue weighted by Crippen LogP contribution is -2.19. The van der Waals surface area contributed by atoms with Crippen molar-refractivity contribution in [3.63, 3.8) is 0 Å². The summed E-state index contributed by atoms with van der Waals surface area (Å²) in [7, 11) is 0. The molecule has 1 heterocycles. The zero-order valence-electron chi connectivity index (χ0n) is 19.0. The zero-order chi connectivity index (χ0) is 25.2. The Morgan fingerprint density at radius 2 is 1.78 bits per heavy atom. The summed E-state index contributed by atoms with van der Waals surface area (Å²) >= 11 is 12.1. The van der Waals surface area contributed by atoms with Crippen molar-refractivity contribution < 1.29 is 9.53 Å². The minimum atomic E-state index is -0.168. The van der Waals surface area contributed by atoms with Crippen LogP contribution in [-0.4, -0.2) is 11.1 Å². The Bertz CT molecular complexity index is 1540. The molecule has 4 aromatic carbocycles. The number of fused-ring (bicyclic) bond motifs is 1. The number of thioether (sulfide) groups is 1. The number of amidine groups is 1. The fourth-order valence-corrected chi connectivity index (χ4v) is 6.91. The highest BCUT2D eigenvalue weighted by molar-refractivity contribution is 14.1. The number of carbonyl (C=O) groups is 1. The average molecular weight is 737 g/mol. The van der Waals surface area contributed by atoms with Crippen LogP contribution < -0.4 is 10.1 Å². The number of nitrogens with one attached hydrogen (secondary N) is 1. The van der Waals surface area contributed by atoms with Crippen molar-refractivity contribution in [2.24, 2.45) is 4.99 Å². The summed E-state index contributed by atoms with van der Waals surface area (Å²) in [6.45, 7) is 2.42. The van der Waals surface area contributed by atoms with Crippen LogP contribution >= 0.6 is 68.5 Å². The lowest BCUT2D eigenvalue weighted by molar-refractivity contribution is -0.115. The molecule has 0 spiro atoms. The Morgan fingerprint density at radius 1 is 1.03 bits per heavy atom. The first-order valence-corrected chi connectivity index (χ1v) is 14.4. The first kappa shape index (κ1) is 25.6. The van der Waals surface area contributed by atoms with Crippen molar-refractivity contribution in [3.05, 3.63) is 107 Å². The van der Waals surface area contributed by atoms with Gasteiger partial charge in [0.25, 0.3) is 5.91 Å². The van der Waals surface area contributed by atoms with Gasteiger partial charge in [-0.2, -0.15) is 0 Å². The predicted octanol–water partition coefficient (Wildman–Crippen LogP) is 8.48. The molecule has 4 nitrogen and oxygen atoms in total. The highest BCUT2D eigenvalue weighted by atomic mass is 127. The number of carbonyl (C=O) groups excluding carboxylic acids is 1. The Labute approximate surface area is 245 Å². The van der Waals surface area contributed by atoms with Gasteiger partial charge in [-0.25, -0.2) is 4.99 Å². The monoisotopic (exact) mass is 736 g/mol. The summed E-state index contributed by atoms with van der Waals surface area (Å²) in [4.78, 5) is 17.7. The summed E-state index contributed by atoms with van der Waals surface area (Å²) < 4.78 is 8.23. The van der Waals surface area contributed by atoms with Crippen molar-refractivity contribution in [3.8, 4) is 5.75 Å². The zero-order valence-corrected chi connectivity index (χ0v) is 24.9. The molecular weight excluding hydrogens is 718 g/mol. The van der Waals surface area contributed by atoms with Gasteiger partial charge in [0.15, 0.2) is 5.17 Å². The van der Waals surface area contributed by atoms with Crippen LogP contribution in [0.3, 0.4) is 0 Å². The number of aliphatic imine (C=N–C) groups is 1. The Hall–Kier alpha value is -2.08. The molecule has 0 radical (unpaired) electrons. The van der Waals surface area contributed by atoms with Crippen LogP contribution in [0.15, 0.2) is 82.7 Å². The SMILES string of the molecule is Cc1ccc(N=C2NC(=O)/C(=C/c3cc(I)c(OCc4cccc5ccccc45)c(I)c3)S2)cc1Cl. The third kappa shape index (κ3) is 5.74. The molecule has 0 unspecified atom stereocenters. The van der Waals surface area contributed by atoms with Crippen LogP contribution in [0.1, 0.15) is 16.7 Å². The highest BCUT2D eigenvalue weighted by Gasteiger charge is 2.24. The molecule has 8 heteroatoms. The lowest BCUT2D eigenvalue weighted by atomic mass is 10.1. The predicted molar refractivity (Wildman–Crippen MR) is 167 cm³/mol. The van der Waals surface area contributed by atoms with E-state index in [4.69, 9.17) is 16.3 Å². The van der Waals surface area contributed by atoms with E-state index in [9.17, 15) is 4.79 Å². The summed E-state index contributed by atoms with van der Waals surface area (Å²) in [5, 5.41) is 6.41. The van der Waals surface area contributed by atoms with Crippen molar-refractivity contribution in [2.45, 2.75) is 13.5 Å². The van der Waals surface area contributed by atoms with Gasteiger partial charge >= 0.3 is 0 Å². The number of hydrogen-bond acceptors (Lipinski definition) is 4. The molecule has 1 saturated heterocycles. The second-order valence-corrected chi connectivity index (χ2v) is 11.9. The van der Waals surface area contributed by atoms with Gasteiger partial charge < -0.3 is 10.1 Å². The van der Waals surface area contributed by atoms with E-state index < -0.39 is 0 Å². The van der Waals surface area contributed by atoms with Gasteiger partial charge in [0.2, 0.25) is 0 Å². The van der Waals surface area contributed by atoms with E-state index in [1.54, 1.807) is 6.07 Å². The van der Waals surface area contributed by atoms with Gasteiger partial charge in [0.05, 0.1) is 17.7 Å². The van der Waals surface area contributed by atoms with Gasteiger partial charge in [0, 0.05) is 5.02 Å². The fraction of sp³-hybridized carbons (Fsp3) is 0.0714. The summed E-state index contributed by atoms with van der Waals surface area (Å²) in [6, 6.07) is 24.2. The van der Waals surface area contributed by atoms with Gasteiger partial charge in [0.1, 0.15) is 12.4 Å². The third-order valence-corrected chi connectivity index (χ3v) is 8.53. The van der Waals surface area contributed by atoms with Gasteiger partial charge in [-0.1, -0.05) is 60.1 Å². The van der Waals surface area contributed by atoms with E-state index in [-0.39, 0.29) is 5.91 Å². The third-order valence-electron chi connectivity index (χ3n) is 5.61. The molecule has 5 rings (SSSR count). The van der Waals surface area contributed by atoms with Crippen molar-refractivity contribution in [1.29, 1.82) is 0 Å². The molecule has 1 N–H and O–H groups in total. The molecule has 0 aromatic heterocycles. The molecule has 1 aliphatic heterocycles. The maximum atomic E-state index is 12.6. The minimum absolute atomic E-state index is 0.168. The Kier molecular flexibility index (Phi) is 7.90. The maximum Gasteiger partial charge on any atom is 0.264 e. The van der Waals surface area contributed by atoms with Crippen LogP contribution in [0.5, 0.6) is 5.75 Å². The maximum absolute atomic E-state index is 12.6. The Balaban J connectivity index is 1.34. The van der Waals surface area contributed by atoms with Crippen LogP contribution in [-0.2, 0) is 11.4 Å². The first-order chi connectivity index (χ1) is 17.4. The molecule has 36 heavy (non-hydrogen) atoms. The second-order valence-electron chi connectivity index (χ2n) is 8.16. The lowest BCUT2D eigenvalue weighted by Gasteiger charge is -2.13. The first-order valence-electron chi connectivity index (χ1n) is 11.0. The van der Waals surface area contributed by atoms with Crippen molar-refractivity contribution in [2.75, 3.05) is 0 Å². The van der Waals surface area contributed by atoms with Crippen LogP contribution in [0.25, 0.3) is 16.8 Å². The summed E-state index contributed by atoms with van der Waals surface area (Å²) in [6.07, 6.45) is 1.88. The van der Waals surface area contributed by atoms with Gasteiger partial charge in [-0.3, -0.25) is 4.79 Å². The quantitative estimate of drug-likeness (QED) is 0.165. The molecule has 4 aromatic rings. The molecule has 0 atom stereocenters. The number of amides is 1. The van der Waals surface area contributed by atoms with E-state index >= 15 is 0 Å². The average Bonchev–Trinajstić information content (AvgIpc) is 3.19. The summed E-state index contributed by atoms with van der Waals surface area (Å²) in [5.74, 6) is 0.673. The molecular formula is C28H19ClI2N2O2S. The molecule has 1 aliphatic rings. The highest BCUT2D eigenvalue weighted by Crippen LogP contribution is 2.34. The second kappa shape index (κ2) is 11.1. The topological polar surface area (TPSA) is 50.7 Å². The molecule has 0 saturated carbocycles. The summed E-state index contributed by atoms with van der Waals surface area (Å²) in [5.41, 5.74) is 3.76.